The zero-order valence-corrected chi connectivity index (χ0v) is 12.0. The van der Waals surface area contributed by atoms with Crippen LogP contribution in [0.3, 0.4) is 0 Å². The lowest BCUT2D eigenvalue weighted by Gasteiger charge is -2.11. The molecule has 0 radical (unpaired) electrons. The predicted octanol–water partition coefficient (Wildman–Crippen LogP) is 1.35. The van der Waals surface area contributed by atoms with Crippen molar-refractivity contribution in [2.24, 2.45) is 0 Å². The fourth-order valence-corrected chi connectivity index (χ4v) is 3.57. The van der Waals surface area contributed by atoms with E-state index in [1.54, 1.807) is 0 Å². The molecule has 2 heterocycles. The highest BCUT2D eigenvalue weighted by Crippen LogP contribution is 2.53. The summed E-state index contributed by atoms with van der Waals surface area (Å²) in [6, 6.07) is 0. The molecule has 112 valence electrons. The molecule has 0 N–H and O–H groups in total. The molecule has 0 unspecified atom stereocenters. The van der Waals surface area contributed by atoms with E-state index in [2.05, 4.69) is 0 Å². The second kappa shape index (κ2) is 7.26. The Kier molecular flexibility index (Phi) is 5.95. The lowest BCUT2D eigenvalue weighted by atomic mass is 10.7. The lowest BCUT2D eigenvalue weighted by Crippen LogP contribution is -2.08. The molecule has 11 heteroatoms. The van der Waals surface area contributed by atoms with Gasteiger partial charge in [-0.25, -0.2) is 9.13 Å². The Morgan fingerprint density at radius 2 is 1.05 bits per heavy atom. The van der Waals surface area contributed by atoms with Crippen molar-refractivity contribution in [3.8, 4) is 0 Å². The normalized spacial score (nSPS) is 24.8. The summed E-state index contributed by atoms with van der Waals surface area (Å²) in [7, 11) is -6.70. The second-order valence-corrected chi connectivity index (χ2v) is 6.84. The van der Waals surface area contributed by atoms with Crippen molar-refractivity contribution in [1.29, 1.82) is 0 Å². The number of rotatable bonds is 8. The summed E-state index contributed by atoms with van der Waals surface area (Å²) in [5, 5.41) is 0. The Labute approximate surface area is 110 Å². The minimum Gasteiger partial charge on any atom is -0.377 e. The van der Waals surface area contributed by atoms with E-state index in [0.29, 0.717) is 0 Å². The van der Waals surface area contributed by atoms with Crippen molar-refractivity contribution in [2.75, 3.05) is 52.9 Å². The summed E-state index contributed by atoms with van der Waals surface area (Å²) < 4.78 is 57.2. The molecule has 0 atom stereocenters. The van der Waals surface area contributed by atoms with Crippen LogP contribution in [0.5, 0.6) is 0 Å². The zero-order chi connectivity index (χ0) is 13.6. The Hall–Kier alpha value is 0.180. The summed E-state index contributed by atoms with van der Waals surface area (Å²) in [4.78, 5) is 0. The van der Waals surface area contributed by atoms with E-state index in [0.717, 1.165) is 0 Å². The van der Waals surface area contributed by atoms with E-state index < -0.39 is 15.6 Å². The Morgan fingerprint density at radius 3 is 1.42 bits per heavy atom. The van der Waals surface area contributed by atoms with E-state index in [-0.39, 0.29) is 52.9 Å². The number of phosphoric acid groups is 2. The standard InChI is InChI=1S/C8H16O9P2/c9-18(14-5-6-15-18)12-3-1-11-2-4-13-19(10)16-7-8-17-19/h1-8H2. The summed E-state index contributed by atoms with van der Waals surface area (Å²) in [5.41, 5.74) is 0. The van der Waals surface area contributed by atoms with Gasteiger partial charge in [-0.3, -0.25) is 27.1 Å². The third-order valence-corrected chi connectivity index (χ3v) is 5.11. The van der Waals surface area contributed by atoms with Gasteiger partial charge in [-0.2, -0.15) is 0 Å². The molecular formula is C8H16O9P2. The Bertz CT molecular complexity index is 319. The zero-order valence-electron chi connectivity index (χ0n) is 10.2. The first-order chi connectivity index (χ1) is 9.12. The van der Waals surface area contributed by atoms with Crippen LogP contribution in [0.1, 0.15) is 0 Å². The maximum absolute atomic E-state index is 11.5. The van der Waals surface area contributed by atoms with Crippen LogP contribution in [0.15, 0.2) is 0 Å². The van der Waals surface area contributed by atoms with E-state index in [9.17, 15) is 9.13 Å². The van der Waals surface area contributed by atoms with Gasteiger partial charge >= 0.3 is 15.6 Å². The van der Waals surface area contributed by atoms with E-state index >= 15 is 0 Å². The quantitative estimate of drug-likeness (QED) is 0.485. The molecule has 2 rings (SSSR count). The molecule has 0 aromatic rings. The third-order valence-electron chi connectivity index (χ3n) is 2.12. The van der Waals surface area contributed by atoms with Crippen molar-refractivity contribution >= 4 is 15.6 Å². The van der Waals surface area contributed by atoms with Gasteiger partial charge in [0.05, 0.1) is 52.9 Å². The van der Waals surface area contributed by atoms with Crippen molar-refractivity contribution in [3.63, 3.8) is 0 Å². The van der Waals surface area contributed by atoms with Gasteiger partial charge in [0.15, 0.2) is 0 Å². The first kappa shape index (κ1) is 15.6. The van der Waals surface area contributed by atoms with Gasteiger partial charge in [0.25, 0.3) is 0 Å². The molecule has 2 aliphatic rings. The first-order valence-electron chi connectivity index (χ1n) is 5.77. The first-order valence-corrected chi connectivity index (χ1v) is 8.69. The molecule has 0 amide bonds. The molecule has 0 aromatic carbocycles. The van der Waals surface area contributed by atoms with Gasteiger partial charge in [0.1, 0.15) is 0 Å². The van der Waals surface area contributed by atoms with E-state index in [1.165, 1.54) is 0 Å². The third kappa shape index (κ3) is 5.23. The molecule has 0 aliphatic carbocycles. The maximum Gasteiger partial charge on any atom is 0.475 e. The number of hydrogen-bond acceptors (Lipinski definition) is 9. The van der Waals surface area contributed by atoms with Crippen molar-refractivity contribution in [2.45, 2.75) is 0 Å². The van der Waals surface area contributed by atoms with Crippen LogP contribution in [0.25, 0.3) is 0 Å². The van der Waals surface area contributed by atoms with Crippen LogP contribution in [-0.4, -0.2) is 52.9 Å². The molecule has 0 bridgehead atoms. The number of ether oxygens (including phenoxy) is 1. The smallest absolute Gasteiger partial charge is 0.377 e. The minimum absolute atomic E-state index is 0.0714. The summed E-state index contributed by atoms with van der Waals surface area (Å²) >= 11 is 0. The molecule has 2 saturated heterocycles. The van der Waals surface area contributed by atoms with Gasteiger partial charge < -0.3 is 4.74 Å². The number of phosphoric ester groups is 2. The Morgan fingerprint density at radius 1 is 0.684 bits per heavy atom. The van der Waals surface area contributed by atoms with Gasteiger partial charge in [0.2, 0.25) is 0 Å². The second-order valence-electron chi connectivity index (χ2n) is 3.51. The van der Waals surface area contributed by atoms with Gasteiger partial charge in [-0.15, -0.1) is 0 Å². The van der Waals surface area contributed by atoms with Gasteiger partial charge in [-0.1, -0.05) is 0 Å². The van der Waals surface area contributed by atoms with Crippen molar-refractivity contribution in [3.05, 3.63) is 0 Å². The SMILES string of the molecule is O=P1(OCCOCCOP2(=O)OCCO2)OCCO1. The van der Waals surface area contributed by atoms with E-state index in [4.69, 9.17) is 31.9 Å². The largest absolute Gasteiger partial charge is 0.475 e. The Balaban J connectivity index is 1.46. The van der Waals surface area contributed by atoms with Gasteiger partial charge in [0, 0.05) is 0 Å². The molecule has 0 saturated carbocycles. The van der Waals surface area contributed by atoms with Crippen LogP contribution in [0.2, 0.25) is 0 Å². The maximum atomic E-state index is 11.5. The average molecular weight is 318 g/mol. The minimum atomic E-state index is -3.35. The molecule has 2 aliphatic heterocycles. The fraction of sp³-hybridized carbons (Fsp3) is 1.00. The topological polar surface area (TPSA) is 98.8 Å². The molecule has 0 aromatic heterocycles. The summed E-state index contributed by atoms with van der Waals surface area (Å²) in [5.74, 6) is 0. The van der Waals surface area contributed by atoms with Crippen LogP contribution in [0, 0.1) is 0 Å². The highest BCUT2D eigenvalue weighted by atomic mass is 31.2. The fourth-order valence-electron chi connectivity index (χ4n) is 1.34. The summed E-state index contributed by atoms with van der Waals surface area (Å²) in [6.07, 6.45) is 0. The molecule has 19 heavy (non-hydrogen) atoms. The lowest BCUT2D eigenvalue weighted by molar-refractivity contribution is 0.0586. The number of hydrogen-bond donors (Lipinski definition) is 0. The van der Waals surface area contributed by atoms with Crippen molar-refractivity contribution in [1.82, 2.24) is 0 Å². The van der Waals surface area contributed by atoms with Crippen LogP contribution in [0.4, 0.5) is 0 Å². The monoisotopic (exact) mass is 318 g/mol. The molecule has 2 fully saturated rings. The molecule has 0 spiro atoms. The van der Waals surface area contributed by atoms with Crippen LogP contribution >= 0.6 is 15.6 Å². The van der Waals surface area contributed by atoms with Crippen molar-refractivity contribution < 1.29 is 41.0 Å². The van der Waals surface area contributed by atoms with E-state index in [1.807, 2.05) is 0 Å². The molecule has 9 nitrogen and oxygen atoms in total. The highest BCUT2D eigenvalue weighted by Gasteiger charge is 2.32. The summed E-state index contributed by atoms with van der Waals surface area (Å²) in [6.45, 7) is 1.58. The highest BCUT2D eigenvalue weighted by molar-refractivity contribution is 7.49. The predicted molar refractivity (Wildman–Crippen MR) is 61.7 cm³/mol. The van der Waals surface area contributed by atoms with Crippen LogP contribution in [-0.2, 0) is 41.0 Å². The molecular weight excluding hydrogens is 302 g/mol. The van der Waals surface area contributed by atoms with Crippen LogP contribution < -0.4 is 0 Å². The van der Waals surface area contributed by atoms with Gasteiger partial charge in [-0.05, 0) is 0 Å². The average Bonchev–Trinajstić information content (AvgIpc) is 2.98.